The molecule has 0 spiro atoms. The van der Waals surface area contributed by atoms with Gasteiger partial charge in [0.25, 0.3) is 0 Å². The maximum absolute atomic E-state index is 6.18. The van der Waals surface area contributed by atoms with Crippen molar-refractivity contribution in [1.82, 2.24) is 0 Å². The highest BCUT2D eigenvalue weighted by Crippen LogP contribution is 2.35. The van der Waals surface area contributed by atoms with Gasteiger partial charge in [0.2, 0.25) is 0 Å². The third-order valence-electron chi connectivity index (χ3n) is 2.77. The highest BCUT2D eigenvalue weighted by atomic mass is 35.5. The molecule has 0 aliphatic heterocycles. The minimum atomic E-state index is 0.470. The fourth-order valence-electron chi connectivity index (χ4n) is 1.86. The molecule has 6 heteroatoms. The molecule has 0 saturated heterocycles. The Morgan fingerprint density at radius 2 is 2.05 bits per heavy atom. The van der Waals surface area contributed by atoms with E-state index in [2.05, 4.69) is 10.5 Å². The molecule has 1 N–H and O–H groups in total. The minimum Gasteiger partial charge on any atom is -0.491 e. The first-order chi connectivity index (χ1) is 10.6. The summed E-state index contributed by atoms with van der Waals surface area (Å²) < 4.78 is 10.8. The number of anilines is 1. The largest absolute Gasteiger partial charge is 0.491 e. The van der Waals surface area contributed by atoms with Gasteiger partial charge in [-0.25, -0.2) is 0 Å². The van der Waals surface area contributed by atoms with Crippen LogP contribution in [0.1, 0.15) is 12.5 Å². The number of hydrogen-bond donors (Lipinski definition) is 1. The van der Waals surface area contributed by atoms with Crippen LogP contribution in [0.15, 0.2) is 41.5 Å². The van der Waals surface area contributed by atoms with Crippen molar-refractivity contribution in [3.05, 3.63) is 52.0 Å². The van der Waals surface area contributed by atoms with Crippen molar-refractivity contribution in [3.8, 4) is 11.5 Å². The summed E-state index contributed by atoms with van der Waals surface area (Å²) in [5.41, 5.74) is 4.50. The van der Waals surface area contributed by atoms with E-state index < -0.39 is 0 Å². The Morgan fingerprint density at radius 3 is 2.73 bits per heavy atom. The van der Waals surface area contributed by atoms with Crippen LogP contribution in [0.4, 0.5) is 5.69 Å². The Bertz CT molecular complexity index is 675. The zero-order valence-corrected chi connectivity index (χ0v) is 13.8. The van der Waals surface area contributed by atoms with Gasteiger partial charge < -0.3 is 9.47 Å². The standard InChI is InChI=1S/C16H16Cl2N2O2/c1-3-22-15-8-11(7-14(18)16(15)21-2)10-19-20-13-6-4-5-12(17)9-13/h4-10,20H,3H2,1-2H3. The third kappa shape index (κ3) is 4.29. The second-order valence-electron chi connectivity index (χ2n) is 4.35. The van der Waals surface area contributed by atoms with Gasteiger partial charge in [-0.1, -0.05) is 29.3 Å². The number of ether oxygens (including phenoxy) is 2. The molecular weight excluding hydrogens is 323 g/mol. The summed E-state index contributed by atoms with van der Waals surface area (Å²) in [6.07, 6.45) is 1.65. The molecule has 4 nitrogen and oxygen atoms in total. The third-order valence-corrected chi connectivity index (χ3v) is 3.28. The van der Waals surface area contributed by atoms with Gasteiger partial charge >= 0.3 is 0 Å². The zero-order valence-electron chi connectivity index (χ0n) is 12.3. The predicted octanol–water partition coefficient (Wildman–Crippen LogP) is 4.85. The van der Waals surface area contributed by atoms with Crippen LogP contribution in [-0.4, -0.2) is 19.9 Å². The Morgan fingerprint density at radius 1 is 1.23 bits per heavy atom. The van der Waals surface area contributed by atoms with E-state index in [1.165, 1.54) is 0 Å². The van der Waals surface area contributed by atoms with E-state index in [4.69, 9.17) is 32.7 Å². The van der Waals surface area contributed by atoms with Crippen LogP contribution >= 0.6 is 23.2 Å². The summed E-state index contributed by atoms with van der Waals surface area (Å²) in [7, 11) is 1.55. The number of hydrogen-bond acceptors (Lipinski definition) is 4. The maximum Gasteiger partial charge on any atom is 0.179 e. The summed E-state index contributed by atoms with van der Waals surface area (Å²) >= 11 is 12.1. The van der Waals surface area contributed by atoms with Crippen LogP contribution < -0.4 is 14.9 Å². The zero-order chi connectivity index (χ0) is 15.9. The molecule has 0 aromatic heterocycles. The quantitative estimate of drug-likeness (QED) is 0.604. The number of halogens is 2. The van der Waals surface area contributed by atoms with Gasteiger partial charge in [0.1, 0.15) is 0 Å². The van der Waals surface area contributed by atoms with E-state index in [1.54, 1.807) is 31.5 Å². The number of benzene rings is 2. The molecule has 2 aromatic carbocycles. The molecule has 0 fully saturated rings. The van der Waals surface area contributed by atoms with Crippen molar-refractivity contribution < 1.29 is 9.47 Å². The second kappa shape index (κ2) is 7.92. The van der Waals surface area contributed by atoms with Crippen LogP contribution in [0.3, 0.4) is 0 Å². The molecule has 0 aliphatic carbocycles. The van der Waals surface area contributed by atoms with Gasteiger partial charge in [-0.05, 0) is 42.8 Å². The van der Waals surface area contributed by atoms with E-state index >= 15 is 0 Å². The fourth-order valence-corrected chi connectivity index (χ4v) is 2.35. The maximum atomic E-state index is 6.18. The monoisotopic (exact) mass is 338 g/mol. The summed E-state index contributed by atoms with van der Waals surface area (Å²) in [6, 6.07) is 10.9. The topological polar surface area (TPSA) is 42.8 Å². The normalized spacial score (nSPS) is 10.7. The molecule has 0 bridgehead atoms. The summed E-state index contributed by atoms with van der Waals surface area (Å²) in [4.78, 5) is 0. The second-order valence-corrected chi connectivity index (χ2v) is 5.19. The number of rotatable bonds is 6. The Hall–Kier alpha value is -1.91. The van der Waals surface area contributed by atoms with E-state index in [9.17, 15) is 0 Å². The highest BCUT2D eigenvalue weighted by Gasteiger charge is 2.10. The average Bonchev–Trinajstić information content (AvgIpc) is 2.47. The highest BCUT2D eigenvalue weighted by molar-refractivity contribution is 6.32. The predicted molar refractivity (Wildman–Crippen MR) is 91.8 cm³/mol. The first-order valence-electron chi connectivity index (χ1n) is 6.69. The van der Waals surface area contributed by atoms with Gasteiger partial charge in [-0.15, -0.1) is 0 Å². The number of nitrogens with one attached hydrogen (secondary N) is 1. The lowest BCUT2D eigenvalue weighted by Crippen LogP contribution is -1.98. The van der Waals surface area contributed by atoms with Crippen LogP contribution in [0.25, 0.3) is 0 Å². The molecule has 22 heavy (non-hydrogen) atoms. The van der Waals surface area contributed by atoms with Crippen molar-refractivity contribution >= 4 is 35.1 Å². The Balaban J connectivity index is 2.16. The van der Waals surface area contributed by atoms with Gasteiger partial charge in [-0.3, -0.25) is 5.43 Å². The Kier molecular flexibility index (Phi) is 5.92. The lowest BCUT2D eigenvalue weighted by Gasteiger charge is -2.11. The molecule has 0 radical (unpaired) electrons. The summed E-state index contributed by atoms with van der Waals surface area (Å²) in [5.74, 6) is 1.10. The summed E-state index contributed by atoms with van der Waals surface area (Å²) in [5, 5.41) is 5.28. The van der Waals surface area contributed by atoms with E-state index in [1.807, 2.05) is 25.1 Å². The number of methoxy groups -OCH3 is 1. The van der Waals surface area contributed by atoms with E-state index in [-0.39, 0.29) is 0 Å². The van der Waals surface area contributed by atoms with E-state index in [0.29, 0.717) is 28.2 Å². The van der Waals surface area contributed by atoms with Crippen LogP contribution in [0, 0.1) is 0 Å². The number of nitrogens with zero attached hydrogens (tertiary/aromatic N) is 1. The Labute approximate surface area is 139 Å². The SMILES string of the molecule is CCOc1cc(C=NNc2cccc(Cl)c2)cc(Cl)c1OC. The van der Waals surface area contributed by atoms with Crippen LogP contribution in [-0.2, 0) is 0 Å². The van der Waals surface area contributed by atoms with Crippen molar-refractivity contribution in [2.24, 2.45) is 5.10 Å². The lowest BCUT2D eigenvalue weighted by molar-refractivity contribution is 0.311. The molecular formula is C16H16Cl2N2O2. The molecule has 2 rings (SSSR count). The molecule has 0 amide bonds. The lowest BCUT2D eigenvalue weighted by atomic mass is 10.2. The molecule has 0 aliphatic rings. The molecule has 116 valence electrons. The van der Waals surface area contributed by atoms with Gasteiger partial charge in [-0.2, -0.15) is 5.10 Å². The molecule has 0 heterocycles. The molecule has 2 aromatic rings. The van der Waals surface area contributed by atoms with Crippen molar-refractivity contribution in [2.45, 2.75) is 6.92 Å². The van der Waals surface area contributed by atoms with Crippen molar-refractivity contribution in [1.29, 1.82) is 0 Å². The fraction of sp³-hybridized carbons (Fsp3) is 0.188. The van der Waals surface area contributed by atoms with Crippen molar-refractivity contribution in [3.63, 3.8) is 0 Å². The molecule has 0 unspecified atom stereocenters. The van der Waals surface area contributed by atoms with Crippen LogP contribution in [0.5, 0.6) is 11.5 Å². The first-order valence-corrected chi connectivity index (χ1v) is 7.44. The van der Waals surface area contributed by atoms with Gasteiger partial charge in [0.05, 0.1) is 30.6 Å². The van der Waals surface area contributed by atoms with E-state index in [0.717, 1.165) is 11.3 Å². The minimum absolute atomic E-state index is 0.470. The van der Waals surface area contributed by atoms with Crippen LogP contribution in [0.2, 0.25) is 10.0 Å². The molecule has 0 saturated carbocycles. The smallest absolute Gasteiger partial charge is 0.179 e. The molecule has 0 atom stereocenters. The van der Waals surface area contributed by atoms with Crippen molar-refractivity contribution in [2.75, 3.05) is 19.1 Å². The number of hydrazone groups is 1. The average molecular weight is 339 g/mol. The summed E-state index contributed by atoms with van der Waals surface area (Å²) in [6.45, 7) is 2.42. The van der Waals surface area contributed by atoms with Gasteiger partial charge in [0, 0.05) is 5.02 Å². The first kappa shape index (κ1) is 16.5. The van der Waals surface area contributed by atoms with Gasteiger partial charge in [0.15, 0.2) is 11.5 Å².